The second kappa shape index (κ2) is 4.02. The van der Waals surface area contributed by atoms with Crippen LogP contribution in [0.25, 0.3) is 0 Å². The lowest BCUT2D eigenvalue weighted by Gasteiger charge is -2.40. The van der Waals surface area contributed by atoms with E-state index in [1.165, 1.54) is 0 Å². The second-order valence-corrected chi connectivity index (χ2v) is 5.52. The second-order valence-electron chi connectivity index (χ2n) is 5.52. The zero-order valence-electron chi connectivity index (χ0n) is 10.3. The highest BCUT2D eigenvalue weighted by molar-refractivity contribution is 5.81. The number of hydrogen-bond acceptors (Lipinski definition) is 3. The van der Waals surface area contributed by atoms with E-state index in [2.05, 4.69) is 6.92 Å². The highest BCUT2D eigenvalue weighted by Crippen LogP contribution is 2.59. The fourth-order valence-corrected chi connectivity index (χ4v) is 2.97. The molecule has 92 valence electrons. The van der Waals surface area contributed by atoms with E-state index >= 15 is 0 Å². The lowest BCUT2D eigenvalue weighted by molar-refractivity contribution is -0.166. The zero-order valence-corrected chi connectivity index (χ0v) is 10.3. The largest absolute Gasteiger partial charge is 0.465 e. The van der Waals surface area contributed by atoms with Crippen LogP contribution in [0.5, 0.6) is 0 Å². The Morgan fingerprint density at radius 1 is 1.31 bits per heavy atom. The molecular weight excluding hydrogens is 204 g/mol. The maximum Gasteiger partial charge on any atom is 0.314 e. The molecule has 0 spiro atoms. The third-order valence-electron chi connectivity index (χ3n) is 4.41. The van der Waals surface area contributed by atoms with E-state index < -0.39 is 11.0 Å². The minimum atomic E-state index is -0.786. The van der Waals surface area contributed by atoms with Crippen molar-refractivity contribution >= 4 is 5.97 Å². The summed E-state index contributed by atoms with van der Waals surface area (Å²) in [6.07, 6.45) is 5.17. The molecule has 0 heterocycles. The molecule has 16 heavy (non-hydrogen) atoms. The molecule has 0 bridgehead atoms. The molecule has 2 rings (SSSR count). The Bertz CT molecular complexity index is 273. The molecule has 2 aliphatic carbocycles. The van der Waals surface area contributed by atoms with Gasteiger partial charge in [-0.25, -0.2) is 0 Å². The first-order chi connectivity index (χ1) is 7.54. The fraction of sp³-hybridized carbons (Fsp3) is 0.923. The van der Waals surface area contributed by atoms with Crippen molar-refractivity contribution in [2.45, 2.75) is 58.0 Å². The van der Waals surface area contributed by atoms with Gasteiger partial charge in [0.25, 0.3) is 0 Å². The first-order valence-corrected chi connectivity index (χ1v) is 6.44. The van der Waals surface area contributed by atoms with Crippen LogP contribution < -0.4 is 0 Å². The smallest absolute Gasteiger partial charge is 0.314 e. The predicted octanol–water partition coefficient (Wildman–Crippen LogP) is 2.27. The Morgan fingerprint density at radius 3 is 2.31 bits per heavy atom. The van der Waals surface area contributed by atoms with E-state index in [1.54, 1.807) is 0 Å². The summed E-state index contributed by atoms with van der Waals surface area (Å²) in [6, 6.07) is 0. The average molecular weight is 226 g/mol. The number of aliphatic hydroxyl groups is 1. The van der Waals surface area contributed by atoms with E-state index in [0.29, 0.717) is 12.5 Å². The van der Waals surface area contributed by atoms with Gasteiger partial charge in [-0.15, -0.1) is 0 Å². The topological polar surface area (TPSA) is 46.5 Å². The van der Waals surface area contributed by atoms with Crippen molar-refractivity contribution in [2.24, 2.45) is 11.3 Å². The molecular formula is C13H22O3. The van der Waals surface area contributed by atoms with Crippen LogP contribution in [-0.4, -0.2) is 23.3 Å². The minimum absolute atomic E-state index is 0.174. The van der Waals surface area contributed by atoms with Crippen molar-refractivity contribution in [3.05, 3.63) is 0 Å². The van der Waals surface area contributed by atoms with Crippen LogP contribution in [0.2, 0.25) is 0 Å². The minimum Gasteiger partial charge on any atom is -0.465 e. The van der Waals surface area contributed by atoms with Crippen molar-refractivity contribution in [3.63, 3.8) is 0 Å². The standard InChI is InChI=1S/C13H22O3/c1-3-16-11(14)12(8-9-12)13(15)6-4-10(2)5-7-13/h10,15H,3-9H2,1-2H3. The highest BCUT2D eigenvalue weighted by atomic mass is 16.5. The van der Waals surface area contributed by atoms with Crippen molar-refractivity contribution in [3.8, 4) is 0 Å². The molecule has 2 aliphatic rings. The normalized spacial score (nSPS) is 36.8. The van der Waals surface area contributed by atoms with Gasteiger partial charge in [-0.3, -0.25) is 4.79 Å². The fourth-order valence-electron chi connectivity index (χ4n) is 2.97. The Hall–Kier alpha value is -0.570. The summed E-state index contributed by atoms with van der Waals surface area (Å²) >= 11 is 0. The van der Waals surface area contributed by atoms with Crippen molar-refractivity contribution in [1.29, 1.82) is 0 Å². The molecule has 1 N–H and O–H groups in total. The average Bonchev–Trinajstić information content (AvgIpc) is 3.04. The Balaban J connectivity index is 2.08. The summed E-state index contributed by atoms with van der Waals surface area (Å²) in [5.74, 6) is 0.505. The SMILES string of the molecule is CCOC(=O)C1(C2(O)CCC(C)CC2)CC1. The number of carbonyl (C=O) groups excluding carboxylic acids is 1. The molecule has 0 atom stereocenters. The van der Waals surface area contributed by atoms with Gasteiger partial charge >= 0.3 is 5.97 Å². The van der Waals surface area contributed by atoms with Gasteiger partial charge in [0.1, 0.15) is 0 Å². The molecule has 0 radical (unpaired) electrons. The van der Waals surface area contributed by atoms with Gasteiger partial charge in [0.15, 0.2) is 0 Å². The first kappa shape index (κ1) is 11.9. The maximum atomic E-state index is 11.9. The van der Waals surface area contributed by atoms with Crippen LogP contribution in [-0.2, 0) is 9.53 Å². The molecule has 3 heteroatoms. The first-order valence-electron chi connectivity index (χ1n) is 6.44. The van der Waals surface area contributed by atoms with Crippen LogP contribution in [0.3, 0.4) is 0 Å². The quantitative estimate of drug-likeness (QED) is 0.751. The monoisotopic (exact) mass is 226 g/mol. The summed E-state index contributed by atoms with van der Waals surface area (Å²) in [5.41, 5.74) is -1.34. The Labute approximate surface area is 97.2 Å². The lowest BCUT2D eigenvalue weighted by atomic mass is 9.70. The van der Waals surface area contributed by atoms with Gasteiger partial charge in [0, 0.05) is 0 Å². The van der Waals surface area contributed by atoms with Gasteiger partial charge in [0.05, 0.1) is 17.6 Å². The van der Waals surface area contributed by atoms with Gasteiger partial charge < -0.3 is 9.84 Å². The van der Waals surface area contributed by atoms with Crippen LogP contribution in [0, 0.1) is 11.3 Å². The Kier molecular flexibility index (Phi) is 2.99. The van der Waals surface area contributed by atoms with E-state index in [9.17, 15) is 9.90 Å². The van der Waals surface area contributed by atoms with Crippen molar-refractivity contribution < 1.29 is 14.6 Å². The van der Waals surface area contributed by atoms with Crippen LogP contribution in [0.15, 0.2) is 0 Å². The summed E-state index contributed by atoms with van der Waals surface area (Å²) in [5, 5.41) is 10.7. The molecule has 0 unspecified atom stereocenters. The summed E-state index contributed by atoms with van der Waals surface area (Å²) in [4.78, 5) is 11.9. The molecule has 0 aromatic rings. The maximum absolute atomic E-state index is 11.9. The van der Waals surface area contributed by atoms with Crippen LogP contribution in [0.1, 0.15) is 52.4 Å². The van der Waals surface area contributed by atoms with Gasteiger partial charge in [-0.1, -0.05) is 6.92 Å². The van der Waals surface area contributed by atoms with E-state index in [1.807, 2.05) is 6.92 Å². The number of esters is 1. The molecule has 0 saturated heterocycles. The molecule has 2 fully saturated rings. The van der Waals surface area contributed by atoms with Crippen LogP contribution >= 0.6 is 0 Å². The summed E-state index contributed by atoms with van der Waals surface area (Å²) < 4.78 is 5.12. The van der Waals surface area contributed by atoms with Gasteiger partial charge in [-0.05, 0) is 51.4 Å². The Morgan fingerprint density at radius 2 is 1.88 bits per heavy atom. The zero-order chi connectivity index (χ0) is 11.8. The van der Waals surface area contributed by atoms with Crippen LogP contribution in [0.4, 0.5) is 0 Å². The predicted molar refractivity (Wildman–Crippen MR) is 60.9 cm³/mol. The molecule has 0 aromatic carbocycles. The highest BCUT2D eigenvalue weighted by Gasteiger charge is 2.64. The third-order valence-corrected chi connectivity index (χ3v) is 4.41. The van der Waals surface area contributed by atoms with E-state index in [4.69, 9.17) is 4.74 Å². The van der Waals surface area contributed by atoms with E-state index in [-0.39, 0.29) is 5.97 Å². The number of ether oxygens (including phenoxy) is 1. The number of rotatable bonds is 3. The molecule has 3 nitrogen and oxygen atoms in total. The number of hydrogen-bond donors (Lipinski definition) is 1. The van der Waals surface area contributed by atoms with Gasteiger partial charge in [0.2, 0.25) is 0 Å². The molecule has 2 saturated carbocycles. The molecule has 0 aromatic heterocycles. The summed E-state index contributed by atoms with van der Waals surface area (Å²) in [7, 11) is 0. The van der Waals surface area contributed by atoms with E-state index in [0.717, 1.165) is 38.5 Å². The summed E-state index contributed by atoms with van der Waals surface area (Å²) in [6.45, 7) is 4.44. The van der Waals surface area contributed by atoms with Crippen molar-refractivity contribution in [2.75, 3.05) is 6.61 Å². The molecule has 0 aliphatic heterocycles. The lowest BCUT2D eigenvalue weighted by Crippen LogP contribution is -2.47. The molecule has 0 amide bonds. The van der Waals surface area contributed by atoms with Gasteiger partial charge in [-0.2, -0.15) is 0 Å². The third kappa shape index (κ3) is 1.75. The van der Waals surface area contributed by atoms with Crippen molar-refractivity contribution in [1.82, 2.24) is 0 Å². The number of carbonyl (C=O) groups is 1.